The Labute approximate surface area is 254 Å². The average molecular weight is 622 g/mol. The van der Waals surface area contributed by atoms with Crippen molar-refractivity contribution in [1.29, 1.82) is 0 Å². The third-order valence-electron chi connectivity index (χ3n) is 8.00. The van der Waals surface area contributed by atoms with Crippen LogP contribution < -0.4 is 9.80 Å². The highest BCUT2D eigenvalue weighted by Crippen LogP contribution is 2.38. The van der Waals surface area contributed by atoms with Crippen LogP contribution in [0.2, 0.25) is 5.02 Å². The van der Waals surface area contributed by atoms with Crippen LogP contribution in [-0.2, 0) is 4.74 Å². The number of ether oxygens (including phenoxy) is 1. The number of hydrogen-bond acceptors (Lipinski definition) is 6. The van der Waals surface area contributed by atoms with E-state index in [0.29, 0.717) is 50.7 Å². The van der Waals surface area contributed by atoms with Crippen molar-refractivity contribution in [2.45, 2.75) is 45.1 Å². The van der Waals surface area contributed by atoms with Crippen molar-refractivity contribution in [1.82, 2.24) is 14.7 Å². The maximum absolute atomic E-state index is 14.2. The van der Waals surface area contributed by atoms with Gasteiger partial charge in [0.15, 0.2) is 0 Å². The summed E-state index contributed by atoms with van der Waals surface area (Å²) < 4.78 is 61.4. The predicted molar refractivity (Wildman–Crippen MR) is 160 cm³/mol. The van der Waals surface area contributed by atoms with E-state index in [-0.39, 0.29) is 24.8 Å². The Kier molecular flexibility index (Phi) is 9.51. The van der Waals surface area contributed by atoms with E-state index in [1.54, 1.807) is 11.8 Å². The molecule has 0 aliphatic carbocycles. The number of carbonyl (C=O) groups excluding carboxylic acids is 1. The van der Waals surface area contributed by atoms with E-state index in [0.717, 1.165) is 35.8 Å². The fourth-order valence-electron chi connectivity index (χ4n) is 6.04. The van der Waals surface area contributed by atoms with Crippen LogP contribution in [0.1, 0.15) is 55.2 Å². The Bertz CT molecular complexity index is 1400. The van der Waals surface area contributed by atoms with Crippen LogP contribution in [0, 0.1) is 0 Å². The molecule has 232 valence electrons. The van der Waals surface area contributed by atoms with Gasteiger partial charge in [-0.15, -0.1) is 0 Å². The Balaban J connectivity index is 1.34. The second-order valence-electron chi connectivity index (χ2n) is 11.2. The molecule has 5 rings (SSSR count). The summed E-state index contributed by atoms with van der Waals surface area (Å²) in [7, 11) is 0. The van der Waals surface area contributed by atoms with E-state index < -0.39 is 24.0 Å². The summed E-state index contributed by atoms with van der Waals surface area (Å²) in [6, 6.07) is 13.4. The molecule has 3 aromatic rings. The molecule has 2 aromatic carbocycles. The highest BCUT2D eigenvalue weighted by molar-refractivity contribution is 6.31. The summed E-state index contributed by atoms with van der Waals surface area (Å²) in [4.78, 5) is 18.4. The van der Waals surface area contributed by atoms with E-state index in [1.165, 1.54) is 10.9 Å². The standard InChI is InChI=1S/C31H36ClF4N5O2/c1-3-43-30(42)26-18-37-41(28(26)29(33)34)24-5-4-12-40(19-24)27-17-22(32)8-11-25(27)21-6-9-23(10-7-21)39-15-13-38(14-16-39)20-31(2,35)36/h6-11,17-18,24,29H,3-5,12-16,19-20H2,1-2H3. The van der Waals surface area contributed by atoms with Crippen LogP contribution in [0.3, 0.4) is 0 Å². The second-order valence-corrected chi connectivity index (χ2v) is 11.6. The molecule has 0 bridgehead atoms. The lowest BCUT2D eigenvalue weighted by Gasteiger charge is -2.37. The Hall–Kier alpha value is -3.31. The molecule has 1 unspecified atom stereocenters. The molecule has 0 N–H and O–H groups in total. The number of esters is 1. The normalized spacial score (nSPS) is 18.4. The molecule has 0 radical (unpaired) electrons. The van der Waals surface area contributed by atoms with E-state index >= 15 is 0 Å². The Morgan fingerprint density at radius 2 is 1.79 bits per heavy atom. The van der Waals surface area contributed by atoms with Crippen LogP contribution in [0.5, 0.6) is 0 Å². The lowest BCUT2D eigenvalue weighted by molar-refractivity contribution is -0.0155. The maximum Gasteiger partial charge on any atom is 0.341 e. The van der Waals surface area contributed by atoms with Crippen molar-refractivity contribution < 1.29 is 27.1 Å². The first-order valence-electron chi connectivity index (χ1n) is 14.6. The van der Waals surface area contributed by atoms with Crippen LogP contribution >= 0.6 is 11.6 Å². The van der Waals surface area contributed by atoms with E-state index in [9.17, 15) is 22.4 Å². The zero-order valence-electron chi connectivity index (χ0n) is 24.3. The lowest BCUT2D eigenvalue weighted by atomic mass is 9.99. The number of halogens is 5. The van der Waals surface area contributed by atoms with Crippen LogP contribution in [0.25, 0.3) is 11.1 Å². The zero-order valence-corrected chi connectivity index (χ0v) is 25.0. The molecule has 1 aromatic heterocycles. The van der Waals surface area contributed by atoms with Gasteiger partial charge in [0.05, 0.1) is 25.4 Å². The first-order chi connectivity index (χ1) is 20.5. The zero-order chi connectivity index (χ0) is 30.7. The van der Waals surface area contributed by atoms with Crippen molar-refractivity contribution >= 4 is 28.9 Å². The topological polar surface area (TPSA) is 53.8 Å². The molecule has 2 aliphatic rings. The van der Waals surface area contributed by atoms with Gasteiger partial charge in [-0.1, -0.05) is 29.8 Å². The van der Waals surface area contributed by atoms with Gasteiger partial charge in [-0.3, -0.25) is 9.58 Å². The van der Waals surface area contributed by atoms with Gasteiger partial charge in [0.1, 0.15) is 11.3 Å². The second kappa shape index (κ2) is 13.1. The first kappa shape index (κ1) is 31.1. The van der Waals surface area contributed by atoms with Crippen LogP contribution in [0.4, 0.5) is 28.9 Å². The van der Waals surface area contributed by atoms with Crippen molar-refractivity contribution in [3.8, 4) is 11.1 Å². The van der Waals surface area contributed by atoms with Gasteiger partial charge in [0.2, 0.25) is 0 Å². The largest absolute Gasteiger partial charge is 0.462 e. The van der Waals surface area contributed by atoms with Crippen molar-refractivity contribution in [3.05, 3.63) is 64.9 Å². The van der Waals surface area contributed by atoms with Gasteiger partial charge in [-0.2, -0.15) is 5.10 Å². The molecule has 43 heavy (non-hydrogen) atoms. The number of aromatic nitrogens is 2. The van der Waals surface area contributed by atoms with Gasteiger partial charge < -0.3 is 14.5 Å². The molecular weight excluding hydrogens is 586 g/mol. The van der Waals surface area contributed by atoms with Crippen LogP contribution in [0.15, 0.2) is 48.7 Å². The van der Waals surface area contributed by atoms with Crippen molar-refractivity contribution in [3.63, 3.8) is 0 Å². The molecule has 0 amide bonds. The number of anilines is 2. The van der Waals surface area contributed by atoms with Gasteiger partial charge in [0, 0.05) is 68.2 Å². The number of piperidine rings is 1. The first-order valence-corrected chi connectivity index (χ1v) is 14.9. The molecule has 3 heterocycles. The van der Waals surface area contributed by atoms with E-state index in [1.807, 2.05) is 42.5 Å². The predicted octanol–water partition coefficient (Wildman–Crippen LogP) is 6.94. The molecule has 2 aliphatic heterocycles. The molecule has 7 nitrogen and oxygen atoms in total. The third-order valence-corrected chi connectivity index (χ3v) is 8.23. The summed E-state index contributed by atoms with van der Waals surface area (Å²) in [6.45, 7) is 6.04. The molecular formula is C31H36ClF4N5O2. The Morgan fingerprint density at radius 3 is 2.44 bits per heavy atom. The van der Waals surface area contributed by atoms with Crippen molar-refractivity contribution in [2.75, 3.05) is 62.2 Å². The van der Waals surface area contributed by atoms with Gasteiger partial charge >= 0.3 is 5.97 Å². The fraction of sp³-hybridized carbons (Fsp3) is 0.484. The average Bonchev–Trinajstić information content (AvgIpc) is 3.43. The van der Waals surface area contributed by atoms with Gasteiger partial charge in [-0.05, 0) is 49.6 Å². The van der Waals surface area contributed by atoms with Gasteiger partial charge in [-0.25, -0.2) is 22.4 Å². The smallest absolute Gasteiger partial charge is 0.341 e. The van der Waals surface area contributed by atoms with E-state index in [2.05, 4.69) is 14.9 Å². The van der Waals surface area contributed by atoms with Crippen LogP contribution in [-0.4, -0.2) is 79.0 Å². The summed E-state index contributed by atoms with van der Waals surface area (Å²) in [5.74, 6) is -3.51. The highest BCUT2D eigenvalue weighted by atomic mass is 35.5. The number of nitrogens with zero attached hydrogens (tertiary/aromatic N) is 5. The summed E-state index contributed by atoms with van der Waals surface area (Å²) in [5.41, 5.74) is 3.21. The molecule has 2 fully saturated rings. The fourth-order valence-corrected chi connectivity index (χ4v) is 6.20. The minimum atomic E-state index is -2.88. The Morgan fingerprint density at radius 1 is 1.07 bits per heavy atom. The molecule has 1 atom stereocenters. The molecule has 2 saturated heterocycles. The highest BCUT2D eigenvalue weighted by Gasteiger charge is 2.32. The quantitative estimate of drug-likeness (QED) is 0.191. The molecule has 0 spiro atoms. The third kappa shape index (κ3) is 7.26. The number of rotatable bonds is 9. The number of benzene rings is 2. The minimum absolute atomic E-state index is 0.0828. The number of piperazine rings is 1. The molecule has 12 heteroatoms. The van der Waals surface area contributed by atoms with E-state index in [4.69, 9.17) is 16.3 Å². The minimum Gasteiger partial charge on any atom is -0.462 e. The lowest BCUT2D eigenvalue weighted by Crippen LogP contribution is -2.49. The number of hydrogen-bond donors (Lipinski definition) is 0. The molecule has 0 saturated carbocycles. The monoisotopic (exact) mass is 621 g/mol. The summed E-state index contributed by atoms with van der Waals surface area (Å²) in [5, 5.41) is 4.77. The number of alkyl halides is 4. The summed E-state index contributed by atoms with van der Waals surface area (Å²) in [6.07, 6.45) is -0.339. The van der Waals surface area contributed by atoms with Crippen molar-refractivity contribution in [2.24, 2.45) is 0 Å². The van der Waals surface area contributed by atoms with Gasteiger partial charge in [0.25, 0.3) is 12.3 Å². The maximum atomic E-state index is 14.2. The summed E-state index contributed by atoms with van der Waals surface area (Å²) >= 11 is 6.44. The SMILES string of the molecule is CCOC(=O)c1cnn(C2CCCN(c3cc(Cl)ccc3-c3ccc(N4CCN(CC(C)(F)F)CC4)cc3)C2)c1C(F)F. The number of carbonyl (C=O) groups is 1.